The van der Waals surface area contributed by atoms with Crippen LogP contribution in [0.25, 0.3) is 5.65 Å². The van der Waals surface area contributed by atoms with E-state index in [-0.39, 0.29) is 0 Å². The van der Waals surface area contributed by atoms with E-state index >= 15 is 0 Å². The lowest BCUT2D eigenvalue weighted by molar-refractivity contribution is 0.440. The Bertz CT molecular complexity index is 1180. The van der Waals surface area contributed by atoms with Crippen LogP contribution in [0.1, 0.15) is 16.7 Å². The summed E-state index contributed by atoms with van der Waals surface area (Å²) in [6, 6.07) is 16.7. The van der Waals surface area contributed by atoms with Crippen molar-refractivity contribution in [3.8, 4) is 17.7 Å². The van der Waals surface area contributed by atoms with Crippen LogP contribution in [0, 0.1) is 25.2 Å². The van der Waals surface area contributed by atoms with E-state index < -0.39 is 0 Å². The molecule has 0 fully saturated rings. The molecule has 0 aliphatic heterocycles. The Labute approximate surface area is 167 Å². The highest BCUT2D eigenvalue weighted by atomic mass is 35.5. The number of aromatic nitrogens is 3. The summed E-state index contributed by atoms with van der Waals surface area (Å²) in [5, 5.41) is 17.4. The van der Waals surface area contributed by atoms with E-state index in [2.05, 4.69) is 21.5 Å². The molecule has 6 nitrogen and oxygen atoms in total. The number of anilines is 2. The van der Waals surface area contributed by atoms with Gasteiger partial charge in [0, 0.05) is 22.8 Å². The van der Waals surface area contributed by atoms with Crippen molar-refractivity contribution in [3.05, 3.63) is 76.4 Å². The molecule has 2 aromatic heterocycles. The molecule has 2 heterocycles. The second-order valence-electron chi connectivity index (χ2n) is 6.37. The van der Waals surface area contributed by atoms with Crippen LogP contribution in [0.5, 0.6) is 11.6 Å². The van der Waals surface area contributed by atoms with Crippen LogP contribution in [-0.2, 0) is 0 Å². The molecule has 4 rings (SSSR count). The van der Waals surface area contributed by atoms with Gasteiger partial charge in [0.1, 0.15) is 11.6 Å². The first kappa shape index (κ1) is 17.8. The number of hydrogen-bond acceptors (Lipinski definition) is 5. The highest BCUT2D eigenvalue weighted by Gasteiger charge is 2.13. The van der Waals surface area contributed by atoms with E-state index in [0.29, 0.717) is 33.7 Å². The summed E-state index contributed by atoms with van der Waals surface area (Å²) in [6.45, 7) is 3.83. The van der Waals surface area contributed by atoms with Crippen molar-refractivity contribution in [1.29, 1.82) is 5.26 Å². The zero-order chi connectivity index (χ0) is 19.7. The Morgan fingerprint density at radius 1 is 1.07 bits per heavy atom. The fraction of sp³-hybridized carbons (Fsp3) is 0.0952. The summed E-state index contributed by atoms with van der Waals surface area (Å²) in [5.41, 5.74) is 3.86. The van der Waals surface area contributed by atoms with E-state index in [1.807, 2.05) is 38.1 Å². The SMILES string of the molecule is Cc1cc(C#N)cc(C)c1Oc1cc(Nc2ccc(Cl)cc2)nc2ccnn12. The molecule has 138 valence electrons. The van der Waals surface area contributed by atoms with Crippen molar-refractivity contribution in [1.82, 2.24) is 14.6 Å². The summed E-state index contributed by atoms with van der Waals surface area (Å²) in [6.07, 6.45) is 1.67. The van der Waals surface area contributed by atoms with Crippen LogP contribution in [-0.4, -0.2) is 14.6 Å². The molecular weight excluding hydrogens is 374 g/mol. The molecular formula is C21H16ClN5O. The van der Waals surface area contributed by atoms with Gasteiger partial charge < -0.3 is 10.1 Å². The maximum atomic E-state index is 9.14. The monoisotopic (exact) mass is 389 g/mol. The number of nitrogens with one attached hydrogen (secondary N) is 1. The average Bonchev–Trinajstić information content (AvgIpc) is 3.15. The van der Waals surface area contributed by atoms with Gasteiger partial charge in [-0.15, -0.1) is 0 Å². The van der Waals surface area contributed by atoms with Crippen molar-refractivity contribution < 1.29 is 4.74 Å². The molecule has 28 heavy (non-hydrogen) atoms. The first-order chi connectivity index (χ1) is 13.5. The van der Waals surface area contributed by atoms with E-state index in [9.17, 15) is 0 Å². The van der Waals surface area contributed by atoms with Gasteiger partial charge >= 0.3 is 0 Å². The molecule has 0 amide bonds. The van der Waals surface area contributed by atoms with E-state index in [1.54, 1.807) is 35.0 Å². The van der Waals surface area contributed by atoms with Crippen molar-refractivity contribution in [3.63, 3.8) is 0 Å². The van der Waals surface area contributed by atoms with Crippen LogP contribution < -0.4 is 10.1 Å². The van der Waals surface area contributed by atoms with Crippen LogP contribution in [0.15, 0.2) is 54.7 Å². The molecule has 7 heteroatoms. The van der Waals surface area contributed by atoms with Crippen molar-refractivity contribution in [2.24, 2.45) is 0 Å². The van der Waals surface area contributed by atoms with Gasteiger partial charge in [-0.2, -0.15) is 14.9 Å². The third-order valence-electron chi connectivity index (χ3n) is 4.24. The summed E-state index contributed by atoms with van der Waals surface area (Å²) in [5.74, 6) is 1.83. The second-order valence-corrected chi connectivity index (χ2v) is 6.80. The highest BCUT2D eigenvalue weighted by molar-refractivity contribution is 6.30. The molecule has 0 spiro atoms. The fourth-order valence-corrected chi connectivity index (χ4v) is 3.11. The first-order valence-corrected chi connectivity index (χ1v) is 8.98. The Morgan fingerprint density at radius 3 is 2.46 bits per heavy atom. The van der Waals surface area contributed by atoms with Gasteiger partial charge in [-0.3, -0.25) is 0 Å². The number of nitriles is 1. The molecule has 0 aliphatic carbocycles. The molecule has 0 atom stereocenters. The number of ether oxygens (including phenoxy) is 1. The Hall–Kier alpha value is -3.56. The quantitative estimate of drug-likeness (QED) is 0.505. The lowest BCUT2D eigenvalue weighted by atomic mass is 10.1. The van der Waals surface area contributed by atoms with Crippen LogP contribution in [0.4, 0.5) is 11.5 Å². The van der Waals surface area contributed by atoms with Crippen LogP contribution >= 0.6 is 11.6 Å². The topological polar surface area (TPSA) is 75.2 Å². The number of benzene rings is 2. The van der Waals surface area contributed by atoms with Crippen molar-refractivity contribution >= 4 is 28.8 Å². The normalized spacial score (nSPS) is 10.6. The van der Waals surface area contributed by atoms with Gasteiger partial charge in [0.2, 0.25) is 5.88 Å². The third-order valence-corrected chi connectivity index (χ3v) is 4.49. The highest BCUT2D eigenvalue weighted by Crippen LogP contribution is 2.31. The van der Waals surface area contributed by atoms with Crippen molar-refractivity contribution in [2.45, 2.75) is 13.8 Å². The third kappa shape index (κ3) is 3.48. The molecule has 2 aromatic carbocycles. The van der Waals surface area contributed by atoms with Gasteiger partial charge in [0.25, 0.3) is 0 Å². The molecule has 4 aromatic rings. The predicted octanol–water partition coefficient (Wildman–Crippen LogP) is 5.41. The molecule has 1 N–H and O–H groups in total. The lowest BCUT2D eigenvalue weighted by Gasteiger charge is -2.14. The minimum Gasteiger partial charge on any atom is -0.438 e. The van der Waals surface area contributed by atoms with E-state index in [4.69, 9.17) is 21.6 Å². The van der Waals surface area contributed by atoms with Gasteiger partial charge in [0.15, 0.2) is 5.65 Å². The number of hydrogen-bond donors (Lipinski definition) is 1. The maximum Gasteiger partial charge on any atom is 0.226 e. The number of aryl methyl sites for hydroxylation is 2. The molecule has 0 aliphatic rings. The van der Waals surface area contributed by atoms with Gasteiger partial charge in [-0.25, -0.2) is 4.98 Å². The minimum atomic E-state index is 0.516. The minimum absolute atomic E-state index is 0.516. The standard InChI is InChI=1S/C21H16ClN5O/c1-13-9-15(12-23)10-14(2)21(13)28-20-11-18(26-19-7-8-24-27(19)20)25-17-5-3-16(22)4-6-17/h3-11H,1-2H3,(H,25,26). The number of halogens is 1. The summed E-state index contributed by atoms with van der Waals surface area (Å²) in [7, 11) is 0. The largest absolute Gasteiger partial charge is 0.438 e. The molecule has 0 saturated carbocycles. The predicted molar refractivity (Wildman–Crippen MR) is 108 cm³/mol. The Kier molecular flexibility index (Phi) is 4.60. The van der Waals surface area contributed by atoms with Crippen LogP contribution in [0.3, 0.4) is 0 Å². The second kappa shape index (κ2) is 7.22. The molecule has 0 radical (unpaired) electrons. The zero-order valence-corrected chi connectivity index (χ0v) is 16.0. The van der Waals surface area contributed by atoms with E-state index in [0.717, 1.165) is 16.8 Å². The van der Waals surface area contributed by atoms with Gasteiger partial charge in [-0.05, 0) is 61.4 Å². The lowest BCUT2D eigenvalue weighted by Crippen LogP contribution is -2.02. The zero-order valence-electron chi connectivity index (χ0n) is 15.3. The van der Waals surface area contributed by atoms with Gasteiger partial charge in [0.05, 0.1) is 17.8 Å². The number of rotatable bonds is 4. The van der Waals surface area contributed by atoms with Gasteiger partial charge in [-0.1, -0.05) is 11.6 Å². The smallest absolute Gasteiger partial charge is 0.226 e. The number of nitrogens with zero attached hydrogens (tertiary/aromatic N) is 4. The fourth-order valence-electron chi connectivity index (χ4n) is 2.98. The molecule has 0 unspecified atom stereocenters. The summed E-state index contributed by atoms with van der Waals surface area (Å²) >= 11 is 5.95. The average molecular weight is 390 g/mol. The van der Waals surface area contributed by atoms with Crippen LogP contribution in [0.2, 0.25) is 5.02 Å². The maximum absolute atomic E-state index is 9.14. The molecule has 0 bridgehead atoms. The Morgan fingerprint density at radius 2 is 1.79 bits per heavy atom. The summed E-state index contributed by atoms with van der Waals surface area (Å²) in [4.78, 5) is 4.56. The Balaban J connectivity index is 1.74. The van der Waals surface area contributed by atoms with Crippen molar-refractivity contribution in [2.75, 3.05) is 5.32 Å². The molecule has 0 saturated heterocycles. The summed E-state index contributed by atoms with van der Waals surface area (Å²) < 4.78 is 7.83. The van der Waals surface area contributed by atoms with E-state index in [1.165, 1.54) is 0 Å². The number of fused-ring (bicyclic) bond motifs is 1. The first-order valence-electron chi connectivity index (χ1n) is 8.60.